The fourth-order valence-electron chi connectivity index (χ4n) is 3.82. The number of ether oxygens (including phenoxy) is 1. The lowest BCUT2D eigenvalue weighted by molar-refractivity contribution is 0.0526. The van der Waals surface area contributed by atoms with Gasteiger partial charge < -0.3 is 26.0 Å². The molecule has 10 heteroatoms. The summed E-state index contributed by atoms with van der Waals surface area (Å²) >= 11 is 7.33. The van der Waals surface area contributed by atoms with Gasteiger partial charge in [0.05, 0.1) is 17.9 Å². The highest BCUT2D eigenvalue weighted by molar-refractivity contribution is 7.18. The Morgan fingerprint density at radius 1 is 1.08 bits per heavy atom. The van der Waals surface area contributed by atoms with Gasteiger partial charge in [-0.15, -0.1) is 11.3 Å². The van der Waals surface area contributed by atoms with Crippen LogP contribution in [0.4, 0.5) is 16.2 Å². The second-order valence-electron chi connectivity index (χ2n) is 8.25. The predicted molar refractivity (Wildman–Crippen MR) is 143 cm³/mol. The van der Waals surface area contributed by atoms with Crippen LogP contribution in [-0.4, -0.2) is 43.6 Å². The number of anilines is 2. The van der Waals surface area contributed by atoms with Gasteiger partial charge in [-0.1, -0.05) is 23.7 Å². The number of nitrogens with one attached hydrogen (secondary N) is 4. The lowest BCUT2D eigenvalue weighted by Gasteiger charge is -2.23. The molecule has 36 heavy (non-hydrogen) atoms. The minimum Gasteiger partial charge on any atom is -0.462 e. The Labute approximate surface area is 218 Å². The van der Waals surface area contributed by atoms with Gasteiger partial charge in [-0.25, -0.2) is 9.59 Å². The van der Waals surface area contributed by atoms with Crippen molar-refractivity contribution in [2.24, 2.45) is 0 Å². The Morgan fingerprint density at radius 3 is 2.50 bits per heavy atom. The van der Waals surface area contributed by atoms with Crippen molar-refractivity contribution in [3.05, 3.63) is 70.1 Å². The molecule has 1 aromatic heterocycles. The first-order valence-electron chi connectivity index (χ1n) is 11.7. The second-order valence-corrected chi connectivity index (χ2v) is 9.74. The molecule has 4 rings (SSSR count). The smallest absolute Gasteiger partial charge is 0.338 e. The predicted octanol–water partition coefficient (Wildman–Crippen LogP) is 5.37. The van der Waals surface area contributed by atoms with Crippen LogP contribution < -0.4 is 21.3 Å². The Morgan fingerprint density at radius 2 is 1.83 bits per heavy atom. The maximum absolute atomic E-state index is 13.2. The standard InChI is InChI=1S/C26H27ClN4O4S/c1-2-35-25(33)17-7-11-19(12-8-17)30-26(34)31-21-14-22(16-5-9-18(27)10-6-16)36-23(21)24(32)29-20-4-3-13-28-15-20/h5-12,14,20,28H,2-4,13,15H2,1H3,(H,29,32)(H2,30,31,34)/t20-/m0/s1. The Kier molecular flexibility index (Phi) is 8.58. The Balaban J connectivity index is 1.51. The van der Waals surface area contributed by atoms with Gasteiger partial charge in [0.25, 0.3) is 5.91 Å². The normalized spacial score (nSPS) is 15.1. The summed E-state index contributed by atoms with van der Waals surface area (Å²) in [6.07, 6.45) is 1.90. The summed E-state index contributed by atoms with van der Waals surface area (Å²) in [4.78, 5) is 39.0. The summed E-state index contributed by atoms with van der Waals surface area (Å²) in [6, 6.07) is 15.0. The number of amides is 3. The number of urea groups is 1. The Bertz CT molecular complexity index is 1220. The molecule has 0 bridgehead atoms. The molecule has 1 atom stereocenters. The van der Waals surface area contributed by atoms with E-state index in [1.165, 1.54) is 11.3 Å². The van der Waals surface area contributed by atoms with Crippen LogP contribution in [0.2, 0.25) is 5.02 Å². The lowest BCUT2D eigenvalue weighted by Crippen LogP contribution is -2.45. The van der Waals surface area contributed by atoms with E-state index in [1.54, 1.807) is 49.4 Å². The number of thiophene rings is 1. The van der Waals surface area contributed by atoms with Gasteiger partial charge >= 0.3 is 12.0 Å². The summed E-state index contributed by atoms with van der Waals surface area (Å²) in [5.74, 6) is -0.659. The molecular formula is C26H27ClN4O4S. The van der Waals surface area contributed by atoms with Crippen LogP contribution in [0.1, 0.15) is 39.8 Å². The van der Waals surface area contributed by atoms with Crippen LogP contribution in [0.5, 0.6) is 0 Å². The van der Waals surface area contributed by atoms with Crippen LogP contribution >= 0.6 is 22.9 Å². The molecule has 2 aromatic carbocycles. The van der Waals surface area contributed by atoms with Gasteiger partial charge in [0.1, 0.15) is 4.88 Å². The summed E-state index contributed by atoms with van der Waals surface area (Å²) in [7, 11) is 0. The topological polar surface area (TPSA) is 109 Å². The quantitative estimate of drug-likeness (QED) is 0.309. The molecule has 0 aliphatic carbocycles. The highest BCUT2D eigenvalue weighted by Crippen LogP contribution is 2.35. The molecule has 1 fully saturated rings. The van der Waals surface area contributed by atoms with E-state index < -0.39 is 12.0 Å². The molecular weight excluding hydrogens is 500 g/mol. The molecule has 1 aliphatic rings. The van der Waals surface area contributed by atoms with Crippen molar-refractivity contribution in [3.63, 3.8) is 0 Å². The molecule has 3 amide bonds. The van der Waals surface area contributed by atoms with Gasteiger partial charge in [0.2, 0.25) is 0 Å². The molecule has 2 heterocycles. The maximum Gasteiger partial charge on any atom is 0.338 e. The SMILES string of the molecule is CCOC(=O)c1ccc(NC(=O)Nc2cc(-c3ccc(Cl)cc3)sc2C(=O)N[C@H]2CCCNC2)cc1. The van der Waals surface area contributed by atoms with Crippen molar-refractivity contribution >= 4 is 52.2 Å². The van der Waals surface area contributed by atoms with E-state index in [0.717, 1.165) is 29.8 Å². The van der Waals surface area contributed by atoms with Crippen LogP contribution in [0.3, 0.4) is 0 Å². The third kappa shape index (κ3) is 6.63. The highest BCUT2D eigenvalue weighted by Gasteiger charge is 2.22. The number of carbonyl (C=O) groups excluding carboxylic acids is 3. The van der Waals surface area contributed by atoms with Crippen LogP contribution in [0, 0.1) is 0 Å². The van der Waals surface area contributed by atoms with Gasteiger partial charge in [0, 0.05) is 28.2 Å². The average molecular weight is 527 g/mol. The molecule has 1 aliphatic heterocycles. The molecule has 8 nitrogen and oxygen atoms in total. The zero-order valence-corrected chi connectivity index (χ0v) is 21.3. The van der Waals surface area contributed by atoms with Crippen molar-refractivity contribution in [1.82, 2.24) is 10.6 Å². The van der Waals surface area contributed by atoms with Crippen molar-refractivity contribution in [2.45, 2.75) is 25.8 Å². The zero-order chi connectivity index (χ0) is 25.5. The molecule has 1 saturated heterocycles. The van der Waals surface area contributed by atoms with Gasteiger partial charge in [-0.2, -0.15) is 0 Å². The van der Waals surface area contributed by atoms with E-state index >= 15 is 0 Å². The van der Waals surface area contributed by atoms with Crippen LogP contribution in [0.15, 0.2) is 54.6 Å². The van der Waals surface area contributed by atoms with E-state index in [4.69, 9.17) is 16.3 Å². The number of carbonyl (C=O) groups is 3. The van der Waals surface area contributed by atoms with Crippen molar-refractivity contribution in [1.29, 1.82) is 0 Å². The third-order valence-electron chi connectivity index (χ3n) is 5.60. The number of rotatable bonds is 7. The van der Waals surface area contributed by atoms with Crippen molar-refractivity contribution in [3.8, 4) is 10.4 Å². The van der Waals surface area contributed by atoms with Crippen molar-refractivity contribution in [2.75, 3.05) is 30.3 Å². The first-order chi connectivity index (χ1) is 17.4. The minimum absolute atomic E-state index is 0.0342. The molecule has 0 spiro atoms. The summed E-state index contributed by atoms with van der Waals surface area (Å²) < 4.78 is 4.98. The fraction of sp³-hybridized carbons (Fsp3) is 0.269. The Hall–Kier alpha value is -3.40. The molecule has 0 radical (unpaired) electrons. The zero-order valence-electron chi connectivity index (χ0n) is 19.7. The van der Waals surface area contributed by atoms with Gasteiger partial charge in [0.15, 0.2) is 0 Å². The summed E-state index contributed by atoms with van der Waals surface area (Å²) in [5.41, 5.74) is 2.19. The fourth-order valence-corrected chi connectivity index (χ4v) is 4.97. The van der Waals surface area contributed by atoms with E-state index in [9.17, 15) is 14.4 Å². The van der Waals surface area contributed by atoms with Gasteiger partial charge in [-0.05, 0) is 74.3 Å². The average Bonchev–Trinajstić information content (AvgIpc) is 3.29. The third-order valence-corrected chi connectivity index (χ3v) is 7.04. The summed E-state index contributed by atoms with van der Waals surface area (Å²) in [6.45, 7) is 3.68. The molecule has 4 N–H and O–H groups in total. The number of halogens is 1. The monoisotopic (exact) mass is 526 g/mol. The van der Waals surface area contributed by atoms with E-state index in [-0.39, 0.29) is 18.6 Å². The molecule has 3 aromatic rings. The number of esters is 1. The highest BCUT2D eigenvalue weighted by atomic mass is 35.5. The number of hydrogen-bond acceptors (Lipinski definition) is 6. The van der Waals surface area contributed by atoms with Crippen LogP contribution in [0.25, 0.3) is 10.4 Å². The molecule has 188 valence electrons. The molecule has 0 saturated carbocycles. The minimum atomic E-state index is -0.507. The molecule has 0 unspecified atom stereocenters. The first kappa shape index (κ1) is 25.7. The number of benzene rings is 2. The van der Waals surface area contributed by atoms with Gasteiger partial charge in [-0.3, -0.25) is 4.79 Å². The van der Waals surface area contributed by atoms with E-state index in [2.05, 4.69) is 21.3 Å². The van der Waals surface area contributed by atoms with E-state index in [0.29, 0.717) is 33.4 Å². The number of hydrogen-bond donors (Lipinski definition) is 4. The number of piperidine rings is 1. The van der Waals surface area contributed by atoms with E-state index in [1.807, 2.05) is 12.1 Å². The second kappa shape index (κ2) is 12.0. The van der Waals surface area contributed by atoms with Crippen LogP contribution in [-0.2, 0) is 4.74 Å². The first-order valence-corrected chi connectivity index (χ1v) is 12.9. The summed E-state index contributed by atoms with van der Waals surface area (Å²) in [5, 5.41) is 12.5. The van der Waals surface area contributed by atoms with Crippen molar-refractivity contribution < 1.29 is 19.1 Å². The largest absolute Gasteiger partial charge is 0.462 e. The lowest BCUT2D eigenvalue weighted by atomic mass is 10.1. The maximum atomic E-state index is 13.2.